The number of amides is 1. The van der Waals surface area contributed by atoms with Crippen molar-refractivity contribution in [2.45, 2.75) is 64.3 Å². The first-order valence-corrected chi connectivity index (χ1v) is 12.0. The van der Waals surface area contributed by atoms with Gasteiger partial charge >= 0.3 is 0 Å². The van der Waals surface area contributed by atoms with E-state index in [0.717, 1.165) is 11.3 Å². The molecule has 1 amide bonds. The van der Waals surface area contributed by atoms with Gasteiger partial charge in [-0.2, -0.15) is 0 Å². The third-order valence-electron chi connectivity index (χ3n) is 5.83. The summed E-state index contributed by atoms with van der Waals surface area (Å²) in [7, 11) is 0. The van der Waals surface area contributed by atoms with Crippen molar-refractivity contribution < 1.29 is 23.8 Å². The van der Waals surface area contributed by atoms with Crippen LogP contribution in [0.15, 0.2) is 48.5 Å². The number of nitrogens with one attached hydrogen (secondary N) is 1. The maximum Gasteiger partial charge on any atom is 0.220 e. The molecule has 0 bridgehead atoms. The van der Waals surface area contributed by atoms with Crippen LogP contribution < -0.4 is 10.1 Å². The van der Waals surface area contributed by atoms with Crippen LogP contribution in [0, 0.1) is 0 Å². The number of ether oxygens (including phenoxy) is 1. The SMILES string of the molecule is CC(C)Oc1ccc(C[C@@H](CN2CC[C@@H](F)C2)NC(=O)CCCC(=O)c2ccc(O)cc2)cc1. The fourth-order valence-corrected chi connectivity index (χ4v) is 4.19. The molecule has 1 saturated heterocycles. The van der Waals surface area contributed by atoms with E-state index in [1.807, 2.05) is 38.1 Å². The average molecular weight is 471 g/mol. The van der Waals surface area contributed by atoms with Gasteiger partial charge in [0.25, 0.3) is 0 Å². The van der Waals surface area contributed by atoms with Crippen LogP contribution in [-0.2, 0) is 11.2 Å². The number of aromatic hydroxyl groups is 1. The average Bonchev–Trinajstić information content (AvgIpc) is 3.19. The van der Waals surface area contributed by atoms with Crippen molar-refractivity contribution in [3.8, 4) is 11.5 Å². The number of alkyl halides is 1. The highest BCUT2D eigenvalue weighted by Crippen LogP contribution is 2.18. The molecule has 1 heterocycles. The summed E-state index contributed by atoms with van der Waals surface area (Å²) in [6.45, 7) is 5.63. The Morgan fingerprint density at radius 3 is 2.44 bits per heavy atom. The molecule has 1 fully saturated rings. The van der Waals surface area contributed by atoms with Crippen molar-refractivity contribution in [2.24, 2.45) is 0 Å². The number of halogens is 1. The van der Waals surface area contributed by atoms with E-state index in [1.165, 1.54) is 12.1 Å². The van der Waals surface area contributed by atoms with Crippen LogP contribution in [0.2, 0.25) is 0 Å². The molecule has 2 aromatic rings. The maximum absolute atomic E-state index is 13.7. The predicted octanol–water partition coefficient (Wildman–Crippen LogP) is 4.30. The number of hydrogen-bond acceptors (Lipinski definition) is 5. The Morgan fingerprint density at radius 1 is 1.12 bits per heavy atom. The van der Waals surface area contributed by atoms with E-state index in [4.69, 9.17) is 4.74 Å². The number of rotatable bonds is 12. The molecule has 0 radical (unpaired) electrons. The quantitative estimate of drug-likeness (QED) is 0.452. The van der Waals surface area contributed by atoms with Crippen molar-refractivity contribution >= 4 is 11.7 Å². The lowest BCUT2D eigenvalue weighted by Gasteiger charge is -2.25. The Bertz CT molecular complexity index is 931. The molecule has 3 rings (SSSR count). The number of phenolic OH excluding ortho intramolecular Hbond substituents is 1. The van der Waals surface area contributed by atoms with Gasteiger partial charge in [0.15, 0.2) is 5.78 Å². The molecule has 2 aromatic carbocycles. The summed E-state index contributed by atoms with van der Waals surface area (Å²) in [6, 6.07) is 13.8. The molecule has 1 aliphatic heterocycles. The standard InChI is InChI=1S/C27H35FN2O4/c1-19(2)34-25-12-6-20(7-13-25)16-23(18-30-15-14-22(28)17-30)29-27(33)5-3-4-26(32)21-8-10-24(31)11-9-21/h6-13,19,22-23,31H,3-5,14-18H2,1-2H3,(H,29,33)/t22-,23+/m1/s1. The molecule has 0 aromatic heterocycles. The van der Waals surface area contributed by atoms with Crippen molar-refractivity contribution in [1.29, 1.82) is 0 Å². The molecule has 6 nitrogen and oxygen atoms in total. The first-order valence-electron chi connectivity index (χ1n) is 12.0. The van der Waals surface area contributed by atoms with Gasteiger partial charge in [-0.1, -0.05) is 12.1 Å². The van der Waals surface area contributed by atoms with Crippen molar-refractivity contribution in [2.75, 3.05) is 19.6 Å². The summed E-state index contributed by atoms with van der Waals surface area (Å²) in [6.07, 6.45) is 1.39. The smallest absolute Gasteiger partial charge is 0.220 e. The summed E-state index contributed by atoms with van der Waals surface area (Å²) >= 11 is 0. The first kappa shape index (κ1) is 25.7. The van der Waals surface area contributed by atoms with E-state index in [-0.39, 0.29) is 42.4 Å². The van der Waals surface area contributed by atoms with Crippen LogP contribution in [0.3, 0.4) is 0 Å². The second-order valence-corrected chi connectivity index (χ2v) is 9.25. The monoisotopic (exact) mass is 470 g/mol. The van der Waals surface area contributed by atoms with Crippen molar-refractivity contribution in [1.82, 2.24) is 10.2 Å². The normalized spacial score (nSPS) is 17.0. The molecule has 1 aliphatic rings. The van der Waals surface area contributed by atoms with Crippen LogP contribution in [0.1, 0.15) is 55.5 Å². The van der Waals surface area contributed by atoms with E-state index in [9.17, 15) is 19.1 Å². The van der Waals surface area contributed by atoms with Gasteiger partial charge in [0.2, 0.25) is 5.91 Å². The summed E-state index contributed by atoms with van der Waals surface area (Å²) in [5.41, 5.74) is 1.59. The lowest BCUT2D eigenvalue weighted by molar-refractivity contribution is -0.122. The van der Waals surface area contributed by atoms with Crippen LogP contribution in [0.5, 0.6) is 11.5 Å². The minimum absolute atomic E-state index is 0.0564. The lowest BCUT2D eigenvalue weighted by atomic mass is 10.0. The third kappa shape index (κ3) is 8.45. The summed E-state index contributed by atoms with van der Waals surface area (Å²) in [4.78, 5) is 27.0. The van der Waals surface area contributed by atoms with Crippen LogP contribution in [0.25, 0.3) is 0 Å². The molecule has 0 unspecified atom stereocenters. The summed E-state index contributed by atoms with van der Waals surface area (Å²) in [5.74, 6) is 0.747. The minimum Gasteiger partial charge on any atom is -0.508 e. The number of nitrogens with zero attached hydrogens (tertiary/aromatic N) is 1. The number of carbonyl (C=O) groups excluding carboxylic acids is 2. The van der Waals surface area contributed by atoms with Crippen molar-refractivity contribution in [3.05, 3.63) is 59.7 Å². The minimum atomic E-state index is -0.810. The fraction of sp³-hybridized carbons (Fsp3) is 0.481. The topological polar surface area (TPSA) is 78.9 Å². The number of Topliss-reactive ketones (excluding diaryl/α,β-unsaturated/α-hetero) is 1. The zero-order valence-electron chi connectivity index (χ0n) is 20.0. The molecule has 0 spiro atoms. The Kier molecular flexibility index (Phi) is 9.45. The summed E-state index contributed by atoms with van der Waals surface area (Å²) in [5, 5.41) is 12.4. The molecule has 0 saturated carbocycles. The molecular weight excluding hydrogens is 435 g/mol. The van der Waals surface area contributed by atoms with Crippen LogP contribution in [-0.4, -0.2) is 59.6 Å². The highest BCUT2D eigenvalue weighted by atomic mass is 19.1. The highest BCUT2D eigenvalue weighted by Gasteiger charge is 2.25. The Morgan fingerprint density at radius 2 is 1.82 bits per heavy atom. The Labute approximate surface area is 201 Å². The number of ketones is 1. The van der Waals surface area contributed by atoms with Gasteiger partial charge in [0.05, 0.1) is 6.10 Å². The second-order valence-electron chi connectivity index (χ2n) is 9.25. The van der Waals surface area contributed by atoms with Gasteiger partial charge < -0.3 is 15.2 Å². The lowest BCUT2D eigenvalue weighted by Crippen LogP contribution is -2.44. The van der Waals surface area contributed by atoms with Gasteiger partial charge in [-0.3, -0.25) is 14.5 Å². The molecule has 7 heteroatoms. The number of benzene rings is 2. The maximum atomic E-state index is 13.7. The van der Waals surface area contributed by atoms with Crippen molar-refractivity contribution in [3.63, 3.8) is 0 Å². The van der Waals surface area contributed by atoms with E-state index in [2.05, 4.69) is 10.2 Å². The largest absolute Gasteiger partial charge is 0.508 e. The molecule has 0 aliphatic carbocycles. The summed E-state index contributed by atoms with van der Waals surface area (Å²) < 4.78 is 19.4. The van der Waals surface area contributed by atoms with Crippen LogP contribution >= 0.6 is 0 Å². The zero-order chi connectivity index (χ0) is 24.5. The van der Waals surface area contributed by atoms with Gasteiger partial charge in [0.1, 0.15) is 17.7 Å². The van der Waals surface area contributed by atoms with E-state index in [1.54, 1.807) is 12.1 Å². The zero-order valence-corrected chi connectivity index (χ0v) is 20.0. The highest BCUT2D eigenvalue weighted by molar-refractivity contribution is 5.96. The van der Waals surface area contributed by atoms with Gasteiger partial charge in [-0.25, -0.2) is 4.39 Å². The number of carbonyl (C=O) groups is 2. The Hall–Kier alpha value is -2.93. The molecule has 34 heavy (non-hydrogen) atoms. The van der Waals surface area contributed by atoms with Crippen LogP contribution in [0.4, 0.5) is 4.39 Å². The molecular formula is C27H35FN2O4. The molecule has 2 atom stereocenters. The number of phenols is 1. The first-order chi connectivity index (χ1) is 16.3. The van der Waals surface area contributed by atoms with Gasteiger partial charge in [-0.15, -0.1) is 0 Å². The van der Waals surface area contributed by atoms with E-state index in [0.29, 0.717) is 44.5 Å². The number of hydrogen-bond donors (Lipinski definition) is 2. The van der Waals surface area contributed by atoms with E-state index < -0.39 is 6.17 Å². The molecule has 2 N–H and O–H groups in total. The van der Waals surface area contributed by atoms with E-state index >= 15 is 0 Å². The number of likely N-dealkylation sites (tertiary alicyclic amines) is 1. The second kappa shape index (κ2) is 12.5. The molecule has 184 valence electrons. The Balaban J connectivity index is 1.53. The van der Waals surface area contributed by atoms with Gasteiger partial charge in [0, 0.05) is 44.1 Å². The fourth-order valence-electron chi connectivity index (χ4n) is 4.19. The van der Waals surface area contributed by atoms with Gasteiger partial charge in [-0.05, 0) is 75.1 Å². The third-order valence-corrected chi connectivity index (χ3v) is 5.83. The predicted molar refractivity (Wildman–Crippen MR) is 130 cm³/mol.